The average Bonchev–Trinajstić information content (AvgIpc) is 3.01. The maximum atomic E-state index is 15.6. The Morgan fingerprint density at radius 1 is 1.18 bits per heavy atom. The van der Waals surface area contributed by atoms with E-state index >= 15 is 8.78 Å². The Morgan fingerprint density at radius 3 is 2.20 bits per heavy atom. The molecule has 1 rings (SSSR count). The number of halogens is 2. The van der Waals surface area contributed by atoms with Gasteiger partial charge in [-0.25, -0.2) is 6.57 Å². The lowest BCUT2D eigenvalue weighted by atomic mass is 9.86. The van der Waals surface area contributed by atoms with Crippen LogP contribution in [0.2, 0.25) is 18.1 Å². The van der Waals surface area contributed by atoms with Gasteiger partial charge in [0.05, 0.1) is 19.1 Å². The predicted molar refractivity (Wildman–Crippen MR) is 162 cm³/mol. The molecule has 1 aliphatic heterocycles. The van der Waals surface area contributed by atoms with Crippen LogP contribution in [-0.2, 0) is 36.4 Å². The minimum absolute atomic E-state index is 0.00000623. The van der Waals surface area contributed by atoms with Crippen molar-refractivity contribution in [2.24, 2.45) is 0 Å². The minimum Gasteiger partial charge on any atom is -0.409 e. The third kappa shape index (κ3) is 9.84. The number of nitrogens with zero attached hydrogens (tertiary/aromatic N) is 1. The summed E-state index contributed by atoms with van der Waals surface area (Å²) in [5.74, 6) is 0. The van der Waals surface area contributed by atoms with E-state index in [1.165, 1.54) is 13.8 Å². The Morgan fingerprint density at radius 2 is 1.75 bits per heavy atom. The normalized spacial score (nSPS) is 27.6. The maximum Gasteiger partial charge on any atom is 0.300 e. The van der Waals surface area contributed by atoms with Crippen LogP contribution in [0.4, 0.5) is 8.78 Å². The van der Waals surface area contributed by atoms with Crippen LogP contribution in [0.15, 0.2) is 0 Å². The van der Waals surface area contributed by atoms with Crippen LogP contribution < -0.4 is 0 Å². The molecule has 2 radical (unpaired) electrons. The fourth-order valence-corrected chi connectivity index (χ4v) is 8.59. The Balaban J connectivity index is 3.81. The van der Waals surface area contributed by atoms with Gasteiger partial charge in [0, 0.05) is 25.9 Å². The molecule has 1 fully saturated rings. The summed E-state index contributed by atoms with van der Waals surface area (Å²) in [6.07, 6.45) is 0.166. The molecule has 0 aliphatic carbocycles. The SMILES string of the molecule is [B][C@@H]1O[C@](CCP(C)(=O)OCC)(CC(F)(F)P(C)(C)=O)C(OP(=C)(OC)OCC[N+]#[C-])[C@@H]1O[Si](C)(C)C(C)(C)C. The second-order valence-electron chi connectivity index (χ2n) is 12.1. The third-order valence-electron chi connectivity index (χ3n) is 7.43. The summed E-state index contributed by atoms with van der Waals surface area (Å²) in [7, 11) is -5.54. The molecule has 0 bridgehead atoms. The number of rotatable bonds is 16. The van der Waals surface area contributed by atoms with E-state index in [9.17, 15) is 9.13 Å². The first-order valence-corrected chi connectivity index (χ1v) is 22.6. The number of alkyl halides is 2. The van der Waals surface area contributed by atoms with Gasteiger partial charge in [-0.15, -0.1) is 0 Å². The molecule has 0 N–H and O–H groups in total. The summed E-state index contributed by atoms with van der Waals surface area (Å²) in [6, 6.07) is -1.22. The van der Waals surface area contributed by atoms with Gasteiger partial charge >= 0.3 is 0 Å². The second kappa shape index (κ2) is 13.8. The molecular weight excluding hydrogens is 600 g/mol. The predicted octanol–water partition coefficient (Wildman–Crippen LogP) is 6.74. The largest absolute Gasteiger partial charge is 0.409 e. The van der Waals surface area contributed by atoms with E-state index in [1.54, 1.807) is 6.92 Å². The van der Waals surface area contributed by atoms with Crippen molar-refractivity contribution in [3.63, 3.8) is 0 Å². The lowest BCUT2D eigenvalue weighted by molar-refractivity contribution is -0.109. The van der Waals surface area contributed by atoms with Gasteiger partial charge in [0.15, 0.2) is 15.7 Å². The molecule has 0 spiro atoms. The highest BCUT2D eigenvalue weighted by molar-refractivity contribution is 7.63. The van der Waals surface area contributed by atoms with Gasteiger partial charge in [0.1, 0.15) is 33.3 Å². The van der Waals surface area contributed by atoms with E-state index < -0.39 is 66.3 Å². The van der Waals surface area contributed by atoms with Crippen molar-refractivity contribution < 1.29 is 45.2 Å². The van der Waals surface area contributed by atoms with E-state index in [0.717, 1.165) is 13.3 Å². The molecule has 16 heteroatoms. The van der Waals surface area contributed by atoms with Crippen molar-refractivity contribution >= 4 is 44.5 Å². The maximum absolute atomic E-state index is 15.6. The Kier molecular flexibility index (Phi) is 13.2. The van der Waals surface area contributed by atoms with Crippen molar-refractivity contribution in [2.75, 3.05) is 53.0 Å². The van der Waals surface area contributed by atoms with Crippen molar-refractivity contribution in [3.05, 3.63) is 11.4 Å². The zero-order chi connectivity index (χ0) is 31.4. The Labute approximate surface area is 242 Å². The molecule has 40 heavy (non-hydrogen) atoms. The van der Waals surface area contributed by atoms with Crippen molar-refractivity contribution in [3.8, 4) is 0 Å². The molecule has 6 atom stereocenters. The molecule has 1 saturated heterocycles. The zero-order valence-electron chi connectivity index (χ0n) is 25.6. The molecule has 0 saturated carbocycles. The fourth-order valence-electron chi connectivity index (χ4n) is 3.92. The van der Waals surface area contributed by atoms with E-state index in [1.807, 2.05) is 33.9 Å². The van der Waals surface area contributed by atoms with Crippen molar-refractivity contribution in [1.29, 1.82) is 0 Å². The Bertz CT molecular complexity index is 1050. The monoisotopic (exact) mass is 647 g/mol. The van der Waals surface area contributed by atoms with E-state index in [2.05, 4.69) is 11.1 Å². The smallest absolute Gasteiger partial charge is 0.300 e. The number of hydrogen-bond donors (Lipinski definition) is 0. The molecule has 9 nitrogen and oxygen atoms in total. The average molecular weight is 647 g/mol. The van der Waals surface area contributed by atoms with E-state index in [-0.39, 0.29) is 37.4 Å². The van der Waals surface area contributed by atoms with Crippen molar-refractivity contribution in [1.82, 2.24) is 0 Å². The molecule has 0 amide bonds. The molecule has 1 heterocycles. The summed E-state index contributed by atoms with van der Waals surface area (Å²) in [6.45, 7) is 22.2. The van der Waals surface area contributed by atoms with Crippen LogP contribution in [0.5, 0.6) is 0 Å². The number of ether oxygens (including phenoxy) is 1. The van der Waals surface area contributed by atoms with Crippen molar-refractivity contribution in [2.45, 2.75) is 88.1 Å². The summed E-state index contributed by atoms with van der Waals surface area (Å²) in [5, 5.41) is -0.285. The molecule has 0 aromatic heterocycles. The van der Waals surface area contributed by atoms with Gasteiger partial charge in [-0.2, -0.15) is 8.78 Å². The Hall–Kier alpha value is 0.152. The van der Waals surface area contributed by atoms with Crippen LogP contribution in [0, 0.1) is 6.57 Å². The fraction of sp³-hybridized carbons (Fsp3) is 0.917. The lowest BCUT2D eigenvalue weighted by Gasteiger charge is -2.43. The first-order chi connectivity index (χ1) is 17.9. The topological polar surface area (TPSA) is 93.9 Å². The van der Waals surface area contributed by atoms with Crippen LogP contribution >= 0.6 is 22.1 Å². The first kappa shape index (κ1) is 38.2. The van der Waals surface area contributed by atoms with Gasteiger partial charge < -0.3 is 36.7 Å². The summed E-state index contributed by atoms with van der Waals surface area (Å²) in [4.78, 5) is 3.25. The van der Waals surface area contributed by atoms with E-state index in [4.69, 9.17) is 41.7 Å². The molecule has 3 unspecified atom stereocenters. The standard InChI is InChI=1S/C24H47BF2NO8P3Si/c1-13-32-38(9,30)17-14-23(18-24(26,27)37(7,8)29)20(35-39(10,31-6)33-16-15-28-5)19(21(25)34-23)36-40(11,12)22(2,3)4/h19-21H,10,13-18H2,1-4,6-9,11-12H3/t19-,20?,21+,23+,38?,39?/m0/s1. The second-order valence-corrected chi connectivity index (χ2v) is 25.0. The minimum atomic E-state index is -4.00. The highest BCUT2D eigenvalue weighted by atomic mass is 31.2. The van der Waals surface area contributed by atoms with Gasteiger partial charge in [-0.3, -0.25) is 4.57 Å². The highest BCUT2D eigenvalue weighted by Gasteiger charge is 2.63. The molecule has 0 aromatic rings. The lowest BCUT2D eigenvalue weighted by Crippen LogP contribution is -2.53. The summed E-state index contributed by atoms with van der Waals surface area (Å²) < 4.78 is 92.9. The molecule has 0 aromatic carbocycles. The summed E-state index contributed by atoms with van der Waals surface area (Å²) >= 11 is 0. The van der Waals surface area contributed by atoms with Gasteiger partial charge in [0.2, 0.25) is 6.54 Å². The van der Waals surface area contributed by atoms with Crippen LogP contribution in [-0.4, -0.2) is 105 Å². The number of hydrogen-bond acceptors (Lipinski definition) is 8. The zero-order valence-corrected chi connectivity index (χ0v) is 29.3. The molecule has 232 valence electrons. The van der Waals surface area contributed by atoms with Crippen LogP contribution in [0.3, 0.4) is 0 Å². The highest BCUT2D eigenvalue weighted by Crippen LogP contribution is 2.62. The van der Waals surface area contributed by atoms with E-state index in [0.29, 0.717) is 0 Å². The van der Waals surface area contributed by atoms with Crippen LogP contribution in [0.1, 0.15) is 40.5 Å². The van der Waals surface area contributed by atoms with Gasteiger partial charge in [0.25, 0.3) is 13.2 Å². The van der Waals surface area contributed by atoms with Gasteiger partial charge in [-0.05, 0) is 51.1 Å². The first-order valence-electron chi connectivity index (χ1n) is 13.1. The van der Waals surface area contributed by atoms with Crippen LogP contribution in [0.25, 0.3) is 4.85 Å². The third-order valence-corrected chi connectivity index (χ3v) is 17.2. The molecule has 1 aliphatic rings. The van der Waals surface area contributed by atoms with Gasteiger partial charge in [-0.1, -0.05) is 20.8 Å². The summed E-state index contributed by atoms with van der Waals surface area (Å²) in [5.41, 5.74) is -5.60. The molecular formula is C24H47BF2NO8P3Si. The quantitative estimate of drug-likeness (QED) is 0.0787.